The van der Waals surface area contributed by atoms with Gasteiger partial charge < -0.3 is 4.42 Å². The van der Waals surface area contributed by atoms with Gasteiger partial charge >= 0.3 is 0 Å². The predicted molar refractivity (Wildman–Crippen MR) is 56.5 cm³/mol. The fourth-order valence-electron chi connectivity index (χ4n) is 1.60. The smallest absolute Gasteiger partial charge is 0.153 e. The molecule has 3 rings (SSSR count). The van der Waals surface area contributed by atoms with Gasteiger partial charge in [0.15, 0.2) is 5.58 Å². The van der Waals surface area contributed by atoms with Gasteiger partial charge in [-0.05, 0) is 24.3 Å². The van der Waals surface area contributed by atoms with Gasteiger partial charge in [-0.3, -0.25) is 4.98 Å². The molecule has 0 amide bonds. The first-order valence-corrected chi connectivity index (χ1v) is 4.66. The van der Waals surface area contributed by atoms with Gasteiger partial charge in [-0.2, -0.15) is 0 Å². The van der Waals surface area contributed by atoms with Gasteiger partial charge in [0.2, 0.25) is 0 Å². The Hall–Kier alpha value is -1.54. The quantitative estimate of drug-likeness (QED) is 0.558. The second kappa shape index (κ2) is 2.72. The lowest BCUT2D eigenvalue weighted by Gasteiger charge is -1.90. The number of halogens is 1. The number of hydrogen-bond donors (Lipinski definition) is 0. The number of pyridine rings is 1. The van der Waals surface area contributed by atoms with Crippen LogP contribution in [-0.2, 0) is 0 Å². The number of nitrogens with zero attached hydrogens (tertiary/aromatic N) is 1. The van der Waals surface area contributed by atoms with E-state index in [0.717, 1.165) is 22.1 Å². The Kier molecular flexibility index (Phi) is 1.52. The monoisotopic (exact) mass is 203 g/mol. The van der Waals surface area contributed by atoms with Crippen LogP contribution in [0.1, 0.15) is 0 Å². The zero-order valence-corrected chi connectivity index (χ0v) is 7.95. The van der Waals surface area contributed by atoms with E-state index in [2.05, 4.69) is 4.98 Å². The third-order valence-corrected chi connectivity index (χ3v) is 2.52. The SMILES string of the molecule is Clc1cccc2oc3cccnc3c12. The van der Waals surface area contributed by atoms with E-state index in [9.17, 15) is 0 Å². The Labute approximate surface area is 85.1 Å². The zero-order chi connectivity index (χ0) is 9.54. The van der Waals surface area contributed by atoms with E-state index in [1.807, 2.05) is 30.3 Å². The minimum absolute atomic E-state index is 0.681. The molecule has 0 atom stereocenters. The summed E-state index contributed by atoms with van der Waals surface area (Å²) in [6, 6.07) is 9.33. The minimum atomic E-state index is 0.681. The summed E-state index contributed by atoms with van der Waals surface area (Å²) in [5, 5.41) is 1.57. The van der Waals surface area contributed by atoms with Crippen molar-refractivity contribution in [2.45, 2.75) is 0 Å². The number of rotatable bonds is 0. The minimum Gasteiger partial charge on any atom is -0.454 e. The molecule has 2 nitrogen and oxygen atoms in total. The molecule has 3 aromatic rings. The fraction of sp³-hybridized carbons (Fsp3) is 0. The molecule has 0 N–H and O–H groups in total. The molecule has 0 saturated heterocycles. The van der Waals surface area contributed by atoms with E-state index < -0.39 is 0 Å². The molecule has 0 radical (unpaired) electrons. The van der Waals surface area contributed by atoms with E-state index in [1.54, 1.807) is 6.20 Å². The molecule has 2 heterocycles. The summed E-state index contributed by atoms with van der Waals surface area (Å²) in [5.41, 5.74) is 2.38. The van der Waals surface area contributed by atoms with Crippen LogP contribution in [0.3, 0.4) is 0 Å². The van der Waals surface area contributed by atoms with Crippen LogP contribution in [0.15, 0.2) is 40.9 Å². The molecule has 68 valence electrons. The lowest BCUT2D eigenvalue weighted by Crippen LogP contribution is -1.72. The van der Waals surface area contributed by atoms with Crippen molar-refractivity contribution >= 4 is 33.7 Å². The highest BCUT2D eigenvalue weighted by atomic mass is 35.5. The van der Waals surface area contributed by atoms with E-state index >= 15 is 0 Å². The molecule has 0 aliphatic heterocycles. The average Bonchev–Trinajstić information content (AvgIpc) is 2.57. The average molecular weight is 204 g/mol. The summed E-state index contributed by atoms with van der Waals surface area (Å²) in [6.45, 7) is 0. The van der Waals surface area contributed by atoms with E-state index in [0.29, 0.717) is 5.02 Å². The van der Waals surface area contributed by atoms with Gasteiger partial charge in [-0.25, -0.2) is 0 Å². The molecule has 0 aliphatic carbocycles. The van der Waals surface area contributed by atoms with E-state index in [1.165, 1.54) is 0 Å². The van der Waals surface area contributed by atoms with Crippen LogP contribution in [-0.4, -0.2) is 4.98 Å². The molecule has 0 unspecified atom stereocenters. The van der Waals surface area contributed by atoms with Gasteiger partial charge in [-0.1, -0.05) is 17.7 Å². The number of benzene rings is 1. The maximum absolute atomic E-state index is 6.08. The van der Waals surface area contributed by atoms with Crippen molar-refractivity contribution in [1.29, 1.82) is 0 Å². The number of aromatic nitrogens is 1. The van der Waals surface area contributed by atoms with Gasteiger partial charge in [0, 0.05) is 6.20 Å². The standard InChI is InChI=1S/C11H6ClNO/c12-7-3-1-4-8-10(7)11-9(14-8)5-2-6-13-11/h1-6H. The molecular weight excluding hydrogens is 198 g/mol. The predicted octanol–water partition coefficient (Wildman–Crippen LogP) is 3.63. The lowest BCUT2D eigenvalue weighted by molar-refractivity contribution is 0.668. The van der Waals surface area contributed by atoms with Crippen molar-refractivity contribution in [3.8, 4) is 0 Å². The highest BCUT2D eigenvalue weighted by Crippen LogP contribution is 2.31. The maximum Gasteiger partial charge on any atom is 0.153 e. The third-order valence-electron chi connectivity index (χ3n) is 2.20. The normalized spacial score (nSPS) is 11.2. The maximum atomic E-state index is 6.08. The molecule has 0 aliphatic rings. The van der Waals surface area contributed by atoms with Crippen LogP contribution < -0.4 is 0 Å². The Morgan fingerprint density at radius 1 is 1.07 bits per heavy atom. The molecule has 0 saturated carbocycles. The van der Waals surface area contributed by atoms with E-state index in [4.69, 9.17) is 16.0 Å². The molecule has 2 aromatic heterocycles. The molecule has 0 fully saturated rings. The van der Waals surface area contributed by atoms with Gasteiger partial charge in [-0.15, -0.1) is 0 Å². The Morgan fingerprint density at radius 3 is 2.86 bits per heavy atom. The number of fused-ring (bicyclic) bond motifs is 3. The second-order valence-electron chi connectivity index (χ2n) is 3.07. The topological polar surface area (TPSA) is 26.0 Å². The van der Waals surface area contributed by atoms with Crippen LogP contribution in [0.2, 0.25) is 5.02 Å². The number of furan rings is 1. The summed E-state index contributed by atoms with van der Waals surface area (Å²) < 4.78 is 5.59. The van der Waals surface area contributed by atoms with Gasteiger partial charge in [0.1, 0.15) is 11.1 Å². The van der Waals surface area contributed by atoms with Gasteiger partial charge in [0.25, 0.3) is 0 Å². The lowest BCUT2D eigenvalue weighted by atomic mass is 10.2. The highest BCUT2D eigenvalue weighted by Gasteiger charge is 2.09. The van der Waals surface area contributed by atoms with Crippen molar-refractivity contribution in [2.75, 3.05) is 0 Å². The summed E-state index contributed by atoms with van der Waals surface area (Å²) in [5.74, 6) is 0. The Morgan fingerprint density at radius 2 is 1.93 bits per heavy atom. The molecule has 1 aromatic carbocycles. The van der Waals surface area contributed by atoms with Crippen LogP contribution in [0.25, 0.3) is 22.1 Å². The Bertz CT molecular complexity index is 615. The first kappa shape index (κ1) is 7.83. The summed E-state index contributed by atoms with van der Waals surface area (Å²) in [6.07, 6.45) is 1.74. The van der Waals surface area contributed by atoms with Crippen LogP contribution in [0.4, 0.5) is 0 Å². The van der Waals surface area contributed by atoms with Crippen LogP contribution >= 0.6 is 11.6 Å². The summed E-state index contributed by atoms with van der Waals surface area (Å²) >= 11 is 6.08. The first-order valence-electron chi connectivity index (χ1n) is 4.28. The van der Waals surface area contributed by atoms with Crippen molar-refractivity contribution in [1.82, 2.24) is 4.98 Å². The van der Waals surface area contributed by atoms with Crippen molar-refractivity contribution < 1.29 is 4.42 Å². The van der Waals surface area contributed by atoms with Crippen molar-refractivity contribution in [3.05, 3.63) is 41.6 Å². The second-order valence-corrected chi connectivity index (χ2v) is 3.47. The zero-order valence-electron chi connectivity index (χ0n) is 7.20. The summed E-state index contributed by atoms with van der Waals surface area (Å²) in [4.78, 5) is 4.25. The van der Waals surface area contributed by atoms with Gasteiger partial charge in [0.05, 0.1) is 10.4 Å². The van der Waals surface area contributed by atoms with Crippen LogP contribution in [0.5, 0.6) is 0 Å². The Balaban J connectivity index is 2.65. The summed E-state index contributed by atoms with van der Waals surface area (Å²) in [7, 11) is 0. The van der Waals surface area contributed by atoms with Crippen LogP contribution in [0, 0.1) is 0 Å². The molecule has 0 spiro atoms. The molecule has 3 heteroatoms. The highest BCUT2D eigenvalue weighted by molar-refractivity contribution is 6.37. The molecule has 0 bridgehead atoms. The molecular formula is C11H6ClNO. The van der Waals surface area contributed by atoms with Crippen molar-refractivity contribution in [3.63, 3.8) is 0 Å². The van der Waals surface area contributed by atoms with Crippen molar-refractivity contribution in [2.24, 2.45) is 0 Å². The fourth-order valence-corrected chi connectivity index (χ4v) is 1.85. The first-order chi connectivity index (χ1) is 6.86. The number of hydrogen-bond acceptors (Lipinski definition) is 2. The third kappa shape index (κ3) is 0.946. The largest absolute Gasteiger partial charge is 0.454 e. The van der Waals surface area contributed by atoms with E-state index in [-0.39, 0.29) is 0 Å². The molecule has 14 heavy (non-hydrogen) atoms.